The number of nitrogens with two attached hydrogens (primary N) is 1. The number of likely N-dealkylation sites (tertiary alicyclic amines) is 1. The maximum absolute atomic E-state index is 5.70. The lowest BCUT2D eigenvalue weighted by atomic mass is 10.2. The van der Waals surface area contributed by atoms with Gasteiger partial charge in [-0.15, -0.1) is 0 Å². The van der Waals surface area contributed by atoms with Crippen LogP contribution in [0, 0.1) is 0 Å². The summed E-state index contributed by atoms with van der Waals surface area (Å²) in [6, 6.07) is 8.31. The van der Waals surface area contributed by atoms with Gasteiger partial charge in [0.25, 0.3) is 0 Å². The van der Waals surface area contributed by atoms with Gasteiger partial charge in [0.2, 0.25) is 0 Å². The highest BCUT2D eigenvalue weighted by Crippen LogP contribution is 2.15. The average Bonchev–Trinajstić information content (AvgIpc) is 2.86. The molecule has 1 saturated heterocycles. The predicted molar refractivity (Wildman–Crippen MR) is 79.5 cm³/mol. The van der Waals surface area contributed by atoms with Crippen molar-refractivity contribution < 1.29 is 4.74 Å². The van der Waals surface area contributed by atoms with E-state index in [4.69, 9.17) is 10.5 Å². The van der Waals surface area contributed by atoms with Gasteiger partial charge in [-0.3, -0.25) is 0 Å². The highest BCUT2D eigenvalue weighted by atomic mass is 16.5. The van der Waals surface area contributed by atoms with Gasteiger partial charge in [-0.1, -0.05) is 0 Å². The zero-order chi connectivity index (χ0) is 13.7. The first kappa shape index (κ1) is 14.2. The van der Waals surface area contributed by atoms with E-state index in [9.17, 15) is 0 Å². The van der Waals surface area contributed by atoms with Crippen molar-refractivity contribution in [2.75, 3.05) is 46.1 Å². The summed E-state index contributed by atoms with van der Waals surface area (Å²) in [6.07, 6.45) is 2.36. The smallest absolute Gasteiger partial charge is 0.119 e. The fourth-order valence-corrected chi connectivity index (χ4v) is 2.48. The SMILES string of the molecule is CN(C)C1CCN(CCCOc2ccc(N)cc2)C1. The van der Waals surface area contributed by atoms with Crippen molar-refractivity contribution in [2.24, 2.45) is 0 Å². The summed E-state index contributed by atoms with van der Waals surface area (Å²) in [5.74, 6) is 0.904. The van der Waals surface area contributed by atoms with E-state index in [1.165, 1.54) is 19.5 Å². The minimum Gasteiger partial charge on any atom is -0.494 e. The van der Waals surface area contributed by atoms with Gasteiger partial charge in [0, 0.05) is 24.8 Å². The van der Waals surface area contributed by atoms with Crippen LogP contribution in [0.1, 0.15) is 12.8 Å². The van der Waals surface area contributed by atoms with E-state index < -0.39 is 0 Å². The van der Waals surface area contributed by atoms with Crippen LogP contribution >= 0.6 is 0 Å². The largest absolute Gasteiger partial charge is 0.494 e. The van der Waals surface area contributed by atoms with Crippen LogP contribution in [0.3, 0.4) is 0 Å². The van der Waals surface area contributed by atoms with Crippen molar-refractivity contribution in [1.82, 2.24) is 9.80 Å². The molecule has 0 radical (unpaired) electrons. The number of hydrogen-bond acceptors (Lipinski definition) is 4. The molecule has 0 aliphatic carbocycles. The van der Waals surface area contributed by atoms with E-state index >= 15 is 0 Å². The number of likely N-dealkylation sites (N-methyl/N-ethyl adjacent to an activating group) is 1. The Morgan fingerprint density at radius 2 is 2.05 bits per heavy atom. The number of rotatable bonds is 6. The lowest BCUT2D eigenvalue weighted by molar-refractivity contribution is 0.242. The molecular weight excluding hydrogens is 238 g/mol. The van der Waals surface area contributed by atoms with Crippen LogP contribution in [-0.2, 0) is 0 Å². The lowest BCUT2D eigenvalue weighted by Gasteiger charge is -2.20. The Kier molecular flexibility index (Phi) is 5.05. The summed E-state index contributed by atoms with van der Waals surface area (Å²) in [6.45, 7) is 4.30. The van der Waals surface area contributed by atoms with Crippen LogP contribution in [0.4, 0.5) is 5.69 Å². The Morgan fingerprint density at radius 3 is 2.68 bits per heavy atom. The molecule has 106 valence electrons. The van der Waals surface area contributed by atoms with Gasteiger partial charge in [-0.2, -0.15) is 0 Å². The van der Waals surface area contributed by atoms with E-state index in [0.717, 1.165) is 37.1 Å². The van der Waals surface area contributed by atoms with Crippen molar-refractivity contribution in [2.45, 2.75) is 18.9 Å². The van der Waals surface area contributed by atoms with Crippen molar-refractivity contribution in [3.8, 4) is 5.75 Å². The predicted octanol–water partition coefficient (Wildman–Crippen LogP) is 1.67. The Balaban J connectivity index is 1.61. The maximum Gasteiger partial charge on any atom is 0.119 e. The molecule has 19 heavy (non-hydrogen) atoms. The maximum atomic E-state index is 5.70. The van der Waals surface area contributed by atoms with Gasteiger partial charge in [0.1, 0.15) is 5.75 Å². The minimum absolute atomic E-state index is 0.720. The first-order valence-corrected chi connectivity index (χ1v) is 7.02. The van der Waals surface area contributed by atoms with Crippen LogP contribution in [0.15, 0.2) is 24.3 Å². The van der Waals surface area contributed by atoms with Gasteiger partial charge < -0.3 is 20.3 Å². The number of nitrogen functional groups attached to an aromatic ring is 1. The van der Waals surface area contributed by atoms with Gasteiger partial charge in [-0.25, -0.2) is 0 Å². The van der Waals surface area contributed by atoms with E-state index in [0.29, 0.717) is 0 Å². The van der Waals surface area contributed by atoms with E-state index in [2.05, 4.69) is 23.9 Å². The van der Waals surface area contributed by atoms with Crippen molar-refractivity contribution in [3.63, 3.8) is 0 Å². The summed E-state index contributed by atoms with van der Waals surface area (Å²) >= 11 is 0. The van der Waals surface area contributed by atoms with Gasteiger partial charge in [0.15, 0.2) is 0 Å². The monoisotopic (exact) mass is 263 g/mol. The molecule has 1 aliphatic rings. The van der Waals surface area contributed by atoms with Gasteiger partial charge in [0.05, 0.1) is 6.61 Å². The summed E-state index contributed by atoms with van der Waals surface area (Å²) < 4.78 is 5.70. The van der Waals surface area contributed by atoms with E-state index in [1.807, 2.05) is 24.3 Å². The first-order valence-electron chi connectivity index (χ1n) is 7.02. The Morgan fingerprint density at radius 1 is 1.32 bits per heavy atom. The zero-order valence-corrected chi connectivity index (χ0v) is 12.0. The number of benzene rings is 1. The van der Waals surface area contributed by atoms with E-state index in [-0.39, 0.29) is 0 Å². The molecule has 4 heteroatoms. The quantitative estimate of drug-likeness (QED) is 0.626. The Labute approximate surface area is 116 Å². The third kappa shape index (κ3) is 4.40. The standard InChI is InChI=1S/C15H25N3O/c1-17(2)14-8-10-18(12-14)9-3-11-19-15-6-4-13(16)5-7-15/h4-7,14H,3,8-12,16H2,1-2H3. The highest BCUT2D eigenvalue weighted by Gasteiger charge is 2.23. The number of ether oxygens (including phenoxy) is 1. The third-order valence-electron chi connectivity index (χ3n) is 3.75. The number of hydrogen-bond donors (Lipinski definition) is 1. The molecule has 1 heterocycles. The van der Waals surface area contributed by atoms with Gasteiger partial charge >= 0.3 is 0 Å². The average molecular weight is 263 g/mol. The molecule has 1 unspecified atom stereocenters. The molecule has 0 bridgehead atoms. The molecule has 1 aliphatic heterocycles. The third-order valence-corrected chi connectivity index (χ3v) is 3.75. The van der Waals surface area contributed by atoms with Crippen LogP contribution in [0.2, 0.25) is 0 Å². The summed E-state index contributed by atoms with van der Waals surface area (Å²) in [5, 5.41) is 0. The van der Waals surface area contributed by atoms with Crippen LogP contribution in [0.5, 0.6) is 5.75 Å². The molecular formula is C15H25N3O. The second kappa shape index (κ2) is 6.78. The Bertz CT molecular complexity index is 377. The molecule has 1 atom stereocenters. The summed E-state index contributed by atoms with van der Waals surface area (Å²) in [4.78, 5) is 4.85. The molecule has 0 amide bonds. The summed E-state index contributed by atoms with van der Waals surface area (Å²) in [7, 11) is 4.33. The molecule has 2 rings (SSSR count). The fourth-order valence-electron chi connectivity index (χ4n) is 2.48. The van der Waals surface area contributed by atoms with Crippen LogP contribution in [-0.4, -0.2) is 56.2 Å². The van der Waals surface area contributed by atoms with Gasteiger partial charge in [-0.05, 0) is 57.7 Å². The van der Waals surface area contributed by atoms with Crippen molar-refractivity contribution in [1.29, 1.82) is 0 Å². The highest BCUT2D eigenvalue weighted by molar-refractivity contribution is 5.41. The molecule has 1 aromatic rings. The normalized spacial score (nSPS) is 20.1. The molecule has 0 spiro atoms. The second-order valence-corrected chi connectivity index (χ2v) is 5.48. The van der Waals surface area contributed by atoms with Crippen LogP contribution in [0.25, 0.3) is 0 Å². The van der Waals surface area contributed by atoms with Crippen molar-refractivity contribution in [3.05, 3.63) is 24.3 Å². The molecule has 0 aromatic heterocycles. The van der Waals surface area contributed by atoms with Crippen LogP contribution < -0.4 is 10.5 Å². The molecule has 4 nitrogen and oxygen atoms in total. The molecule has 1 fully saturated rings. The molecule has 1 aromatic carbocycles. The van der Waals surface area contributed by atoms with E-state index in [1.54, 1.807) is 0 Å². The molecule has 0 saturated carbocycles. The van der Waals surface area contributed by atoms with Crippen molar-refractivity contribution >= 4 is 5.69 Å². The minimum atomic E-state index is 0.720. The fraction of sp³-hybridized carbons (Fsp3) is 0.600. The molecule has 2 N–H and O–H groups in total. The topological polar surface area (TPSA) is 41.7 Å². The number of nitrogens with zero attached hydrogens (tertiary/aromatic N) is 2. The Hall–Kier alpha value is -1.26. The number of anilines is 1. The first-order chi connectivity index (χ1) is 9.15. The second-order valence-electron chi connectivity index (χ2n) is 5.48. The zero-order valence-electron chi connectivity index (χ0n) is 12.0. The summed E-state index contributed by atoms with van der Waals surface area (Å²) in [5.41, 5.74) is 6.41. The lowest BCUT2D eigenvalue weighted by Crippen LogP contribution is -2.32.